The minimum absolute atomic E-state index is 0.0268. The normalized spacial score (nSPS) is 11.9. The van der Waals surface area contributed by atoms with Crippen molar-refractivity contribution in [2.24, 2.45) is 5.73 Å². The molecule has 3 N–H and O–H groups in total. The number of carbonyl (C=O) groups excluding carboxylic acids is 1. The Labute approximate surface area is 91.0 Å². The third kappa shape index (κ3) is 3.21. The van der Waals surface area contributed by atoms with Crippen molar-refractivity contribution >= 4 is 23.5 Å². The summed E-state index contributed by atoms with van der Waals surface area (Å²) in [5, 5.41) is 2.63. The summed E-state index contributed by atoms with van der Waals surface area (Å²) in [6.07, 6.45) is 0. The summed E-state index contributed by atoms with van der Waals surface area (Å²) in [5.41, 5.74) is 5.06. The first-order valence-corrected chi connectivity index (χ1v) is 4.42. The Morgan fingerprint density at radius 3 is 2.73 bits per heavy atom. The number of hydrogen-bond acceptors (Lipinski definition) is 6. The molecule has 0 bridgehead atoms. The second kappa shape index (κ2) is 4.74. The summed E-state index contributed by atoms with van der Waals surface area (Å²) in [4.78, 5) is 22.0. The van der Waals surface area contributed by atoms with Gasteiger partial charge in [-0.3, -0.25) is 4.79 Å². The maximum Gasteiger partial charge on any atom is 0.322 e. The molecule has 0 aliphatic heterocycles. The van der Waals surface area contributed by atoms with Crippen molar-refractivity contribution in [1.29, 1.82) is 0 Å². The number of hydrogen-bond donors (Lipinski definition) is 2. The van der Waals surface area contributed by atoms with E-state index in [0.717, 1.165) is 0 Å². The summed E-state index contributed by atoms with van der Waals surface area (Å²) >= 11 is 5.59. The summed E-state index contributed by atoms with van der Waals surface area (Å²) in [7, 11) is 1.40. The quantitative estimate of drug-likeness (QED) is 0.745. The molecule has 8 heteroatoms. The molecule has 0 radical (unpaired) electrons. The highest BCUT2D eigenvalue weighted by atomic mass is 35.5. The fourth-order valence-corrected chi connectivity index (χ4v) is 0.905. The number of ether oxygens (including phenoxy) is 1. The molecule has 1 rings (SSSR count). The lowest BCUT2D eigenvalue weighted by Crippen LogP contribution is -2.33. The molecule has 0 saturated heterocycles. The minimum Gasteiger partial charge on any atom is -0.467 e. The van der Waals surface area contributed by atoms with Crippen molar-refractivity contribution in [1.82, 2.24) is 15.0 Å². The Morgan fingerprint density at radius 1 is 1.53 bits per heavy atom. The van der Waals surface area contributed by atoms with Crippen LogP contribution in [0.1, 0.15) is 6.92 Å². The van der Waals surface area contributed by atoms with E-state index in [1.54, 1.807) is 6.92 Å². The Bertz CT molecular complexity index is 372. The molecular weight excluding hydrogens is 222 g/mol. The number of nitrogens with one attached hydrogen (secondary N) is 1. The van der Waals surface area contributed by atoms with E-state index in [1.807, 2.05) is 0 Å². The molecule has 82 valence electrons. The van der Waals surface area contributed by atoms with Crippen LogP contribution in [0.2, 0.25) is 5.28 Å². The first kappa shape index (κ1) is 11.4. The highest BCUT2D eigenvalue weighted by molar-refractivity contribution is 6.28. The summed E-state index contributed by atoms with van der Waals surface area (Å²) < 4.78 is 4.77. The van der Waals surface area contributed by atoms with Gasteiger partial charge in [0.15, 0.2) is 0 Å². The number of primary amides is 1. The number of nitrogens with two attached hydrogens (primary N) is 1. The number of anilines is 1. The van der Waals surface area contributed by atoms with Crippen molar-refractivity contribution in [3.63, 3.8) is 0 Å². The van der Waals surface area contributed by atoms with Gasteiger partial charge in [0.2, 0.25) is 17.1 Å². The van der Waals surface area contributed by atoms with Crippen LogP contribution < -0.4 is 15.8 Å². The van der Waals surface area contributed by atoms with Crippen molar-refractivity contribution in [2.45, 2.75) is 13.0 Å². The summed E-state index contributed by atoms with van der Waals surface area (Å²) in [6.45, 7) is 1.58. The Balaban J connectivity index is 2.85. The highest BCUT2D eigenvalue weighted by Crippen LogP contribution is 2.11. The van der Waals surface area contributed by atoms with E-state index < -0.39 is 11.9 Å². The molecule has 7 nitrogen and oxygen atoms in total. The van der Waals surface area contributed by atoms with Gasteiger partial charge in [0.05, 0.1) is 7.11 Å². The van der Waals surface area contributed by atoms with Crippen LogP contribution in [0.3, 0.4) is 0 Å². The van der Waals surface area contributed by atoms with Crippen LogP contribution in [0.15, 0.2) is 0 Å². The van der Waals surface area contributed by atoms with E-state index in [-0.39, 0.29) is 17.2 Å². The smallest absolute Gasteiger partial charge is 0.322 e. The number of aromatic nitrogens is 3. The van der Waals surface area contributed by atoms with E-state index >= 15 is 0 Å². The first-order valence-electron chi connectivity index (χ1n) is 4.04. The summed E-state index contributed by atoms with van der Waals surface area (Å²) in [6, 6.07) is -0.539. The van der Waals surface area contributed by atoms with Gasteiger partial charge in [-0.1, -0.05) is 0 Å². The van der Waals surface area contributed by atoms with E-state index in [1.165, 1.54) is 7.11 Å². The maximum atomic E-state index is 10.8. The second-order valence-electron chi connectivity index (χ2n) is 2.68. The van der Waals surface area contributed by atoms with Gasteiger partial charge in [-0.05, 0) is 18.5 Å². The number of carbonyl (C=O) groups is 1. The molecule has 1 amide bonds. The molecule has 15 heavy (non-hydrogen) atoms. The Hall–Kier alpha value is -1.63. The number of rotatable bonds is 4. The van der Waals surface area contributed by atoms with Gasteiger partial charge < -0.3 is 15.8 Å². The lowest BCUT2D eigenvalue weighted by Gasteiger charge is -2.09. The van der Waals surface area contributed by atoms with Gasteiger partial charge in [0, 0.05) is 0 Å². The minimum atomic E-state index is -0.604. The molecule has 0 aliphatic rings. The number of amides is 1. The van der Waals surface area contributed by atoms with E-state index in [2.05, 4.69) is 20.3 Å². The molecule has 0 saturated carbocycles. The van der Waals surface area contributed by atoms with Crippen molar-refractivity contribution in [3.8, 4) is 6.01 Å². The van der Waals surface area contributed by atoms with Crippen LogP contribution in [0.5, 0.6) is 6.01 Å². The monoisotopic (exact) mass is 231 g/mol. The van der Waals surface area contributed by atoms with E-state index in [4.69, 9.17) is 22.1 Å². The number of methoxy groups -OCH3 is 1. The van der Waals surface area contributed by atoms with Crippen LogP contribution in [0, 0.1) is 0 Å². The average Bonchev–Trinajstić information content (AvgIpc) is 2.16. The number of nitrogens with zero attached hydrogens (tertiary/aromatic N) is 3. The molecular formula is C7H10ClN5O2. The Morgan fingerprint density at radius 2 is 2.20 bits per heavy atom. The highest BCUT2D eigenvalue weighted by Gasteiger charge is 2.11. The predicted molar refractivity (Wildman–Crippen MR) is 53.7 cm³/mol. The molecule has 1 aromatic heterocycles. The van der Waals surface area contributed by atoms with Crippen LogP contribution in [0.4, 0.5) is 5.95 Å². The fourth-order valence-electron chi connectivity index (χ4n) is 0.753. The van der Waals surface area contributed by atoms with Gasteiger partial charge in [0.1, 0.15) is 6.04 Å². The topological polar surface area (TPSA) is 103 Å². The van der Waals surface area contributed by atoms with E-state index in [0.29, 0.717) is 0 Å². The van der Waals surface area contributed by atoms with Crippen molar-refractivity contribution in [3.05, 3.63) is 5.28 Å². The third-order valence-corrected chi connectivity index (χ3v) is 1.71. The zero-order valence-electron chi connectivity index (χ0n) is 8.19. The van der Waals surface area contributed by atoms with E-state index in [9.17, 15) is 4.79 Å². The number of halogens is 1. The third-order valence-electron chi connectivity index (χ3n) is 1.54. The second-order valence-corrected chi connectivity index (χ2v) is 3.02. The van der Waals surface area contributed by atoms with Crippen molar-refractivity contribution in [2.75, 3.05) is 12.4 Å². The van der Waals surface area contributed by atoms with Crippen LogP contribution in [-0.4, -0.2) is 34.0 Å². The summed E-state index contributed by atoms with van der Waals surface area (Å²) in [5.74, 6) is -0.386. The van der Waals surface area contributed by atoms with Gasteiger partial charge in [0.25, 0.3) is 0 Å². The zero-order chi connectivity index (χ0) is 11.4. The van der Waals surface area contributed by atoms with Crippen LogP contribution in [-0.2, 0) is 4.79 Å². The molecule has 0 spiro atoms. The van der Waals surface area contributed by atoms with Gasteiger partial charge in [-0.25, -0.2) is 0 Å². The largest absolute Gasteiger partial charge is 0.467 e. The lowest BCUT2D eigenvalue weighted by molar-refractivity contribution is -0.118. The molecule has 0 aliphatic carbocycles. The predicted octanol–water partition coefficient (Wildman–Crippen LogP) is -0.181. The SMILES string of the molecule is COc1nc(Cl)nc(NC(C)C(N)=O)n1. The molecule has 1 atom stereocenters. The molecule has 1 heterocycles. The van der Waals surface area contributed by atoms with Crippen LogP contribution in [0.25, 0.3) is 0 Å². The fraction of sp³-hybridized carbons (Fsp3) is 0.429. The first-order chi connectivity index (χ1) is 7.02. The Kier molecular flexibility index (Phi) is 3.62. The lowest BCUT2D eigenvalue weighted by atomic mass is 10.3. The standard InChI is InChI=1S/C7H10ClN5O2/c1-3(4(9)14)10-6-11-5(8)12-7(13-6)15-2/h3H,1-2H3,(H2,9,14)(H,10,11,12,13). The molecule has 1 unspecified atom stereocenters. The maximum absolute atomic E-state index is 10.8. The van der Waals surface area contributed by atoms with Crippen molar-refractivity contribution < 1.29 is 9.53 Å². The van der Waals surface area contributed by atoms with Gasteiger partial charge in [-0.15, -0.1) is 0 Å². The molecule has 1 aromatic rings. The molecule has 0 aromatic carbocycles. The average molecular weight is 232 g/mol. The van der Waals surface area contributed by atoms with Gasteiger partial charge >= 0.3 is 6.01 Å². The zero-order valence-corrected chi connectivity index (χ0v) is 8.95. The molecule has 0 fully saturated rings. The van der Waals surface area contributed by atoms with Crippen LogP contribution >= 0.6 is 11.6 Å². The van der Waals surface area contributed by atoms with Gasteiger partial charge in [-0.2, -0.15) is 15.0 Å².